The highest BCUT2D eigenvalue weighted by Crippen LogP contribution is 2.29. The van der Waals surface area contributed by atoms with Crippen LogP contribution in [0.2, 0.25) is 0 Å². The number of aliphatic imine (C=N–C) groups is 1. The Balaban J connectivity index is 1.87. The number of urea groups is 1. The lowest BCUT2D eigenvalue weighted by atomic mass is 9.84. The first kappa shape index (κ1) is 28.2. The molecule has 0 bridgehead atoms. The fraction of sp³-hybridized carbons (Fsp3) is 0.846. The summed E-state index contributed by atoms with van der Waals surface area (Å²) in [6, 6.07) is 1.52. The van der Waals surface area contributed by atoms with Crippen LogP contribution in [0.15, 0.2) is 4.99 Å². The van der Waals surface area contributed by atoms with E-state index in [0.717, 1.165) is 25.9 Å². The Hall–Kier alpha value is -2.38. The smallest absolute Gasteiger partial charge is 0.324 e. The molecule has 36 heavy (non-hydrogen) atoms. The number of guanidine groups is 1. The number of ether oxygens (including phenoxy) is 1. The van der Waals surface area contributed by atoms with Crippen molar-refractivity contribution in [2.45, 2.75) is 76.8 Å². The number of nitriles is 1. The van der Waals surface area contributed by atoms with Crippen LogP contribution in [0.4, 0.5) is 4.79 Å². The van der Waals surface area contributed by atoms with Gasteiger partial charge in [-0.1, -0.05) is 32.1 Å². The quantitative estimate of drug-likeness (QED) is 0.407. The van der Waals surface area contributed by atoms with Crippen molar-refractivity contribution < 1.29 is 14.3 Å². The predicted molar refractivity (Wildman–Crippen MR) is 139 cm³/mol. The molecule has 0 radical (unpaired) electrons. The molecule has 0 aromatic carbocycles. The van der Waals surface area contributed by atoms with Gasteiger partial charge in [0.15, 0.2) is 0 Å². The molecule has 3 amide bonds. The number of carbonyl (C=O) groups is 2. The van der Waals surface area contributed by atoms with Gasteiger partial charge in [-0.15, -0.1) is 0 Å². The van der Waals surface area contributed by atoms with Crippen molar-refractivity contribution in [3.63, 3.8) is 0 Å². The summed E-state index contributed by atoms with van der Waals surface area (Å²) in [6.07, 6.45) is 7.58. The van der Waals surface area contributed by atoms with Gasteiger partial charge in [-0.25, -0.2) is 9.79 Å². The van der Waals surface area contributed by atoms with Crippen molar-refractivity contribution in [3.05, 3.63) is 0 Å². The minimum atomic E-state index is -0.868. The molecule has 0 spiro atoms. The van der Waals surface area contributed by atoms with Gasteiger partial charge in [-0.05, 0) is 46.1 Å². The van der Waals surface area contributed by atoms with Crippen molar-refractivity contribution in [1.82, 2.24) is 25.3 Å². The van der Waals surface area contributed by atoms with Crippen molar-refractivity contribution >= 4 is 17.9 Å². The zero-order chi connectivity index (χ0) is 26.0. The Morgan fingerprint density at radius 3 is 2.33 bits per heavy atom. The van der Waals surface area contributed by atoms with Crippen LogP contribution in [-0.2, 0) is 9.53 Å². The molecule has 10 heteroatoms. The Morgan fingerprint density at radius 2 is 1.75 bits per heavy atom. The van der Waals surface area contributed by atoms with Crippen LogP contribution in [0, 0.1) is 17.2 Å². The van der Waals surface area contributed by atoms with E-state index in [2.05, 4.69) is 21.6 Å². The van der Waals surface area contributed by atoms with E-state index in [1.165, 1.54) is 19.3 Å². The van der Waals surface area contributed by atoms with Crippen LogP contribution in [0.3, 0.4) is 0 Å². The minimum Gasteiger partial charge on any atom is -0.378 e. The molecule has 1 atom stereocenters. The number of nitrogens with zero attached hydrogens (tertiary/aromatic N) is 5. The van der Waals surface area contributed by atoms with Crippen molar-refractivity contribution in [2.75, 3.05) is 59.5 Å². The summed E-state index contributed by atoms with van der Waals surface area (Å²) in [6.45, 7) is 8.89. The maximum absolute atomic E-state index is 13.7. The summed E-state index contributed by atoms with van der Waals surface area (Å²) >= 11 is 0. The fourth-order valence-corrected chi connectivity index (χ4v) is 5.34. The summed E-state index contributed by atoms with van der Waals surface area (Å²) in [7, 11) is 2.03. The lowest BCUT2D eigenvalue weighted by Gasteiger charge is -2.37. The van der Waals surface area contributed by atoms with E-state index >= 15 is 0 Å². The van der Waals surface area contributed by atoms with Crippen LogP contribution in [0.5, 0.6) is 0 Å². The Labute approximate surface area is 216 Å². The maximum atomic E-state index is 13.7. The van der Waals surface area contributed by atoms with E-state index in [4.69, 9.17) is 9.73 Å². The number of hydrogen-bond acceptors (Lipinski definition) is 6. The fourth-order valence-electron chi connectivity index (χ4n) is 5.34. The summed E-state index contributed by atoms with van der Waals surface area (Å²) in [5.74, 6) is 0.633. The second-order valence-corrected chi connectivity index (χ2v) is 10.4. The molecule has 202 valence electrons. The third-order valence-corrected chi connectivity index (χ3v) is 7.86. The molecule has 2 aliphatic heterocycles. The number of rotatable bonds is 7. The van der Waals surface area contributed by atoms with E-state index in [1.54, 1.807) is 4.90 Å². The van der Waals surface area contributed by atoms with E-state index in [9.17, 15) is 14.9 Å². The summed E-state index contributed by atoms with van der Waals surface area (Å²) < 4.78 is 5.52. The van der Waals surface area contributed by atoms with Gasteiger partial charge in [0.05, 0.1) is 19.3 Å². The summed E-state index contributed by atoms with van der Waals surface area (Å²) in [4.78, 5) is 37.5. The minimum absolute atomic E-state index is 0.213. The average molecular weight is 504 g/mol. The molecule has 10 nitrogen and oxygen atoms in total. The number of morpholine rings is 1. The van der Waals surface area contributed by atoms with Gasteiger partial charge in [-0.3, -0.25) is 10.1 Å². The summed E-state index contributed by atoms with van der Waals surface area (Å²) in [5, 5.41) is 16.1. The molecule has 1 saturated carbocycles. The maximum Gasteiger partial charge on any atom is 0.324 e. The molecule has 3 aliphatic rings. The van der Waals surface area contributed by atoms with Crippen LogP contribution in [0.25, 0.3) is 0 Å². The highest BCUT2D eigenvalue weighted by molar-refractivity contribution is 5.97. The molecular weight excluding hydrogens is 458 g/mol. The van der Waals surface area contributed by atoms with Gasteiger partial charge in [-0.2, -0.15) is 5.26 Å². The van der Waals surface area contributed by atoms with E-state index in [1.807, 2.05) is 25.8 Å². The third kappa shape index (κ3) is 7.81. The lowest BCUT2D eigenvalue weighted by Crippen LogP contribution is -2.57. The van der Waals surface area contributed by atoms with Crippen LogP contribution in [-0.4, -0.2) is 104 Å². The van der Waals surface area contributed by atoms with E-state index in [-0.39, 0.29) is 11.9 Å². The topological polar surface area (TPSA) is 113 Å². The lowest BCUT2D eigenvalue weighted by molar-refractivity contribution is -0.124. The highest BCUT2D eigenvalue weighted by Gasteiger charge is 2.38. The van der Waals surface area contributed by atoms with Crippen molar-refractivity contribution in [3.8, 4) is 6.07 Å². The first-order valence-electron chi connectivity index (χ1n) is 13.8. The number of hydrogen-bond donors (Lipinski definition) is 2. The molecule has 2 saturated heterocycles. The second kappa shape index (κ2) is 13.8. The van der Waals surface area contributed by atoms with Gasteiger partial charge in [0.2, 0.25) is 11.9 Å². The number of likely N-dealkylation sites (tertiary alicyclic amines) is 1. The highest BCUT2D eigenvalue weighted by atomic mass is 16.5. The molecule has 1 unspecified atom stereocenters. The predicted octanol–water partition coefficient (Wildman–Crippen LogP) is 2.17. The second-order valence-electron chi connectivity index (χ2n) is 10.4. The van der Waals surface area contributed by atoms with Gasteiger partial charge in [0.25, 0.3) is 0 Å². The van der Waals surface area contributed by atoms with E-state index in [0.29, 0.717) is 70.5 Å². The van der Waals surface area contributed by atoms with E-state index < -0.39 is 11.6 Å². The third-order valence-electron chi connectivity index (χ3n) is 7.86. The Morgan fingerprint density at radius 1 is 1.11 bits per heavy atom. The molecular formula is C26H45N7O3. The van der Waals surface area contributed by atoms with Crippen LogP contribution in [0.1, 0.15) is 65.2 Å². The largest absolute Gasteiger partial charge is 0.378 e. The van der Waals surface area contributed by atoms with Crippen molar-refractivity contribution in [2.24, 2.45) is 10.9 Å². The normalized spacial score (nSPS) is 22.4. The molecule has 0 aromatic rings. The average Bonchev–Trinajstić information content (AvgIpc) is 2.91. The standard InChI is InChI=1S/C26H45N7O3/c1-4-32(5-2)25(35)29-24(33-15-17-36-18-16-33)28-22(19-21-9-7-6-8-10-21)23(34)30-26(20-27)11-13-31(3)14-12-26/h21-22H,4-19H2,1-3H3,(H,30,34)(H,28,29,35). The number of piperidine rings is 1. The zero-order valence-electron chi connectivity index (χ0n) is 22.4. The number of nitrogens with one attached hydrogen (secondary N) is 2. The number of amides is 3. The van der Waals surface area contributed by atoms with Gasteiger partial charge in [0, 0.05) is 39.3 Å². The number of carbonyl (C=O) groups excluding carboxylic acids is 2. The zero-order valence-corrected chi connectivity index (χ0v) is 22.4. The molecule has 2 N–H and O–H groups in total. The molecule has 0 aromatic heterocycles. The first-order valence-corrected chi connectivity index (χ1v) is 13.8. The van der Waals surface area contributed by atoms with Gasteiger partial charge < -0.3 is 24.8 Å². The van der Waals surface area contributed by atoms with Crippen LogP contribution < -0.4 is 10.6 Å². The summed E-state index contributed by atoms with van der Waals surface area (Å²) in [5.41, 5.74) is -0.868. The van der Waals surface area contributed by atoms with Gasteiger partial charge >= 0.3 is 6.03 Å². The molecule has 2 heterocycles. The first-order chi connectivity index (χ1) is 17.4. The van der Waals surface area contributed by atoms with Crippen LogP contribution >= 0.6 is 0 Å². The molecule has 3 fully saturated rings. The monoisotopic (exact) mass is 503 g/mol. The Kier molecular flexibility index (Phi) is 10.8. The van der Waals surface area contributed by atoms with Crippen molar-refractivity contribution in [1.29, 1.82) is 5.26 Å². The van der Waals surface area contributed by atoms with Gasteiger partial charge in [0.1, 0.15) is 11.6 Å². The SMILES string of the molecule is CCN(CC)C(=O)NC(=NC(CC1CCCCC1)C(=O)NC1(C#N)CCN(C)CC1)N1CCOCC1. The Bertz CT molecular complexity index is 788. The molecule has 1 aliphatic carbocycles. The molecule has 3 rings (SSSR count).